The first-order valence-electron chi connectivity index (χ1n) is 21.5. The van der Waals surface area contributed by atoms with Gasteiger partial charge >= 0.3 is 5.97 Å². The van der Waals surface area contributed by atoms with Gasteiger partial charge in [0.2, 0.25) is 29.5 Å². The van der Waals surface area contributed by atoms with Gasteiger partial charge in [-0.25, -0.2) is 4.79 Å². The quantitative estimate of drug-likeness (QED) is 0.0146. The molecular weight excluding hydrogens is 833 g/mol. The fraction of sp³-hybridized carbons (Fsp3) is 0.625. The summed E-state index contributed by atoms with van der Waals surface area (Å²) >= 11 is 0. The molecule has 0 spiro atoms. The number of hydrogen-bond donors (Lipinski definition) is 13. The van der Waals surface area contributed by atoms with Crippen LogP contribution in [0.3, 0.4) is 0 Å². The van der Waals surface area contributed by atoms with E-state index >= 15 is 0 Å². The van der Waals surface area contributed by atoms with Crippen LogP contribution < -0.4 is 71.8 Å². The number of carbonyl (C=O) groups excluding carboxylic acids is 5. The zero-order chi connectivity index (χ0) is 47.8. The summed E-state index contributed by atoms with van der Waals surface area (Å²) < 4.78 is 0. The van der Waals surface area contributed by atoms with Gasteiger partial charge in [-0.2, -0.15) is 0 Å². The summed E-state index contributed by atoms with van der Waals surface area (Å²) in [5, 5.41) is 36.1. The lowest BCUT2D eigenvalue weighted by molar-refractivity contribution is -0.314. The third-order valence-corrected chi connectivity index (χ3v) is 10.3. The molecule has 0 radical (unpaired) electrons. The molecule has 1 heterocycles. The number of aliphatic imine (C=N–C) groups is 3. The largest absolute Gasteiger partial charge is 0.860 e. The molecule has 1 aliphatic heterocycles. The molecule has 1 saturated heterocycles. The Labute approximate surface area is 373 Å². The standard InChI is InChI=1S/C40H70N16O8/c1-23(2)30(37(63)64)55-34(60)27(16-9-21-50-40(46)47)52-32(58)25(14-7-19-48-38(42)43)51-33(59)26(15-8-20-49-39(44)45)53-35(61)29-17-10-22-56(29)36(62)28(13-5-6-18-41)54-31(57)24-11-3-4-12-24/h3-4,11-12,23,25-30,54,57H,5-10,13-22,41H2,1-2H3,(H,51,59)(H,52,58)(H,53,61)(H,55,60)(H,63,64)(H4,42,43,48)(H4,44,45,49)(H4,46,47,50)/p-1/t25-,26-,27-,28-,29?,30-/m0/s1. The number of carboxylic acid groups (broad SMARTS) is 1. The molecular formula is C40H69N16O8-. The minimum atomic E-state index is -1.32. The number of carboxylic acids is 1. The molecule has 24 nitrogen and oxygen atoms in total. The van der Waals surface area contributed by atoms with Crippen LogP contribution in [0.5, 0.6) is 0 Å². The summed E-state index contributed by atoms with van der Waals surface area (Å²) in [6.07, 6.45) is 9.37. The number of likely N-dealkylation sites (tertiary alicyclic amines) is 1. The number of carbonyl (C=O) groups is 6. The third-order valence-electron chi connectivity index (χ3n) is 10.3. The molecule has 0 bridgehead atoms. The van der Waals surface area contributed by atoms with Crippen molar-refractivity contribution in [1.82, 2.24) is 31.5 Å². The van der Waals surface area contributed by atoms with Gasteiger partial charge in [0.1, 0.15) is 36.3 Å². The number of rotatable bonds is 29. The molecule has 0 aromatic carbocycles. The Morgan fingerprint density at radius 1 is 0.688 bits per heavy atom. The second kappa shape index (κ2) is 28.2. The molecule has 0 aromatic rings. The van der Waals surface area contributed by atoms with Crippen molar-refractivity contribution in [3.05, 3.63) is 35.8 Å². The second-order valence-corrected chi connectivity index (χ2v) is 15.8. The van der Waals surface area contributed by atoms with E-state index in [9.17, 15) is 39.0 Å². The van der Waals surface area contributed by atoms with E-state index in [1.165, 1.54) is 4.90 Å². The highest BCUT2D eigenvalue weighted by Crippen LogP contribution is 2.21. The minimum Gasteiger partial charge on any atom is -0.860 e. The summed E-state index contributed by atoms with van der Waals surface area (Å²) in [5.74, 6) is -6.27. The van der Waals surface area contributed by atoms with E-state index in [1.54, 1.807) is 38.2 Å². The number of nitrogens with one attached hydrogen (secondary N) is 5. The molecule has 0 saturated carbocycles. The van der Waals surface area contributed by atoms with Gasteiger partial charge < -0.3 is 81.8 Å². The summed E-state index contributed by atoms with van der Waals surface area (Å²) in [7, 11) is 0. The van der Waals surface area contributed by atoms with E-state index in [1.807, 2.05) is 0 Å². The Morgan fingerprint density at radius 3 is 1.58 bits per heavy atom. The van der Waals surface area contributed by atoms with Crippen molar-refractivity contribution in [2.45, 2.75) is 121 Å². The first kappa shape index (κ1) is 53.5. The van der Waals surface area contributed by atoms with Crippen molar-refractivity contribution in [3.63, 3.8) is 0 Å². The number of nitrogens with zero attached hydrogens (tertiary/aromatic N) is 4. The van der Waals surface area contributed by atoms with Crippen LogP contribution in [0.25, 0.3) is 0 Å². The number of aliphatic carboxylic acids is 1. The van der Waals surface area contributed by atoms with E-state index in [2.05, 4.69) is 41.6 Å². The van der Waals surface area contributed by atoms with Gasteiger partial charge in [0, 0.05) is 26.2 Å². The Morgan fingerprint density at radius 2 is 1.14 bits per heavy atom. The number of amides is 5. The van der Waals surface area contributed by atoms with Crippen molar-refractivity contribution in [2.75, 3.05) is 32.7 Å². The van der Waals surface area contributed by atoms with Gasteiger partial charge in [-0.15, -0.1) is 0 Å². The van der Waals surface area contributed by atoms with E-state index in [-0.39, 0.29) is 95.4 Å². The van der Waals surface area contributed by atoms with Crippen molar-refractivity contribution in [1.29, 1.82) is 0 Å². The highest BCUT2D eigenvalue weighted by atomic mass is 16.4. The smallest absolute Gasteiger partial charge is 0.326 e. The summed E-state index contributed by atoms with van der Waals surface area (Å²) in [6, 6.07) is -7.10. The molecule has 20 N–H and O–H groups in total. The van der Waals surface area contributed by atoms with Crippen molar-refractivity contribution < 1.29 is 39.0 Å². The Balaban J connectivity index is 2.42. The van der Waals surface area contributed by atoms with Crippen LogP contribution in [-0.4, -0.2) is 132 Å². The molecule has 1 unspecified atom stereocenters. The third kappa shape index (κ3) is 19.2. The van der Waals surface area contributed by atoms with Crippen LogP contribution in [0, 0.1) is 5.92 Å². The first-order chi connectivity index (χ1) is 30.4. The van der Waals surface area contributed by atoms with Crippen LogP contribution >= 0.6 is 0 Å². The molecule has 358 valence electrons. The van der Waals surface area contributed by atoms with Crippen molar-refractivity contribution in [2.24, 2.45) is 61.0 Å². The average Bonchev–Trinajstić information content (AvgIpc) is 3.96. The van der Waals surface area contributed by atoms with Crippen LogP contribution in [-0.2, 0) is 28.8 Å². The van der Waals surface area contributed by atoms with Gasteiger partial charge in [-0.05, 0) is 94.5 Å². The number of unbranched alkanes of at least 4 members (excludes halogenated alkanes) is 1. The van der Waals surface area contributed by atoms with E-state index in [4.69, 9.17) is 40.1 Å². The van der Waals surface area contributed by atoms with Gasteiger partial charge in [0.05, 0.1) is 0 Å². The SMILES string of the molecule is CC(C)[C@H](NC(=O)[C@H](CCCN=C(N)N)NC(=O)[C@H](CCCN=C(N)N)NC(=O)[C@H](CCCN=C(N)N)NC(=O)C1CCCN1C(=O)[C@H](CCCCN)NC([O-])=C1C=CC=C1)C(=O)O. The lowest BCUT2D eigenvalue weighted by Gasteiger charge is -2.32. The molecule has 2 aliphatic rings. The summed E-state index contributed by atoms with van der Waals surface area (Å²) in [5.41, 5.74) is 38.9. The summed E-state index contributed by atoms with van der Waals surface area (Å²) in [6.45, 7) is 4.09. The second-order valence-electron chi connectivity index (χ2n) is 15.8. The monoisotopic (exact) mass is 902 g/mol. The van der Waals surface area contributed by atoms with E-state index < -0.39 is 83.6 Å². The highest BCUT2D eigenvalue weighted by molar-refractivity contribution is 5.96. The first-order valence-corrected chi connectivity index (χ1v) is 21.5. The number of guanidine groups is 3. The van der Waals surface area contributed by atoms with Gasteiger partial charge in [-0.1, -0.05) is 38.2 Å². The van der Waals surface area contributed by atoms with Crippen LogP contribution in [0.15, 0.2) is 50.7 Å². The Hall–Kier alpha value is -6.59. The van der Waals surface area contributed by atoms with Crippen molar-refractivity contribution in [3.8, 4) is 0 Å². The van der Waals surface area contributed by atoms with E-state index in [0.29, 0.717) is 31.4 Å². The van der Waals surface area contributed by atoms with Crippen LogP contribution in [0.1, 0.15) is 84.5 Å². The zero-order valence-electron chi connectivity index (χ0n) is 36.8. The maximum absolute atomic E-state index is 14.2. The summed E-state index contributed by atoms with van der Waals surface area (Å²) in [4.78, 5) is 95.0. The molecule has 2 rings (SSSR count). The molecule has 24 heteroatoms. The lowest BCUT2D eigenvalue weighted by atomic mass is 10.0. The Kier molecular flexibility index (Phi) is 23.6. The normalized spacial score (nSPS) is 16.4. The maximum Gasteiger partial charge on any atom is 0.326 e. The predicted molar refractivity (Wildman–Crippen MR) is 240 cm³/mol. The molecule has 1 aliphatic carbocycles. The average molecular weight is 902 g/mol. The lowest BCUT2D eigenvalue weighted by Crippen LogP contribution is -2.59. The molecule has 1 fully saturated rings. The minimum absolute atomic E-state index is 0.00359. The fourth-order valence-corrected chi connectivity index (χ4v) is 6.92. The highest BCUT2D eigenvalue weighted by Gasteiger charge is 2.39. The van der Waals surface area contributed by atoms with Gasteiger partial charge in [-0.3, -0.25) is 38.9 Å². The van der Waals surface area contributed by atoms with Gasteiger partial charge in [0.25, 0.3) is 0 Å². The predicted octanol–water partition coefficient (Wildman–Crippen LogP) is -4.40. The molecule has 0 aromatic heterocycles. The van der Waals surface area contributed by atoms with Crippen LogP contribution in [0.4, 0.5) is 0 Å². The molecule has 64 heavy (non-hydrogen) atoms. The van der Waals surface area contributed by atoms with Crippen molar-refractivity contribution >= 4 is 53.4 Å². The molecule has 5 amide bonds. The zero-order valence-corrected chi connectivity index (χ0v) is 36.8. The topological polar surface area (TPSA) is 428 Å². The number of nitrogens with two attached hydrogens (primary N) is 7. The molecule has 6 atom stereocenters. The van der Waals surface area contributed by atoms with Gasteiger partial charge in [0.15, 0.2) is 17.9 Å². The maximum atomic E-state index is 14.2. The Bertz CT molecular complexity index is 1760. The fourth-order valence-electron chi connectivity index (χ4n) is 6.92. The number of hydrogen-bond acceptors (Lipinski definition) is 12. The number of allylic oxidation sites excluding steroid dienone is 5. The van der Waals surface area contributed by atoms with E-state index in [0.717, 1.165) is 0 Å². The van der Waals surface area contributed by atoms with Crippen LogP contribution in [0.2, 0.25) is 0 Å².